The van der Waals surface area contributed by atoms with Crippen LogP contribution in [-0.2, 0) is 27.4 Å². The summed E-state index contributed by atoms with van der Waals surface area (Å²) in [5, 5.41) is 12.3. The molecule has 3 heterocycles. The van der Waals surface area contributed by atoms with Crippen molar-refractivity contribution in [1.29, 1.82) is 0 Å². The molecule has 52 heavy (non-hydrogen) atoms. The Morgan fingerprint density at radius 1 is 0.885 bits per heavy atom. The number of likely N-dealkylation sites (tertiary alicyclic amines) is 1. The second-order valence-electron chi connectivity index (χ2n) is 13.7. The number of rotatable bonds is 9. The van der Waals surface area contributed by atoms with Crippen LogP contribution in [0.2, 0.25) is 0 Å². The van der Waals surface area contributed by atoms with E-state index in [1.165, 1.54) is 0 Å². The molecule has 0 radical (unpaired) electrons. The number of fused-ring (bicyclic) bond motifs is 1. The van der Waals surface area contributed by atoms with Crippen molar-refractivity contribution in [3.05, 3.63) is 130 Å². The van der Waals surface area contributed by atoms with Gasteiger partial charge in [0.1, 0.15) is 0 Å². The highest BCUT2D eigenvalue weighted by atomic mass is 35.6. The molecule has 1 amide bonds. The molecule has 2 fully saturated rings. The summed E-state index contributed by atoms with van der Waals surface area (Å²) in [7, 11) is 0. The van der Waals surface area contributed by atoms with Gasteiger partial charge in [-0.15, -0.1) is 0 Å². The zero-order chi connectivity index (χ0) is 36.4. The van der Waals surface area contributed by atoms with E-state index in [4.69, 9.17) is 44.3 Å². The Kier molecular flexibility index (Phi) is 11.1. The van der Waals surface area contributed by atoms with Crippen molar-refractivity contribution < 1.29 is 19.4 Å². The zero-order valence-electron chi connectivity index (χ0n) is 28.7. The van der Waals surface area contributed by atoms with Crippen molar-refractivity contribution in [2.45, 2.75) is 61.2 Å². The number of piperidine rings is 1. The minimum absolute atomic E-state index is 0.0242. The van der Waals surface area contributed by atoms with Crippen LogP contribution in [0.1, 0.15) is 60.5 Å². The topological polar surface area (TPSA) is 109 Å². The van der Waals surface area contributed by atoms with Crippen LogP contribution in [0.25, 0.3) is 22.2 Å². The summed E-state index contributed by atoms with van der Waals surface area (Å²) in [6, 6.07) is 31.9. The number of imidazole rings is 1. The normalized spacial score (nSPS) is 21.7. The highest BCUT2D eigenvalue weighted by Gasteiger charge is 2.40. The Morgan fingerprint density at radius 3 is 2.33 bits per heavy atom. The van der Waals surface area contributed by atoms with E-state index >= 15 is 0 Å². The predicted octanol–water partition coefficient (Wildman–Crippen LogP) is 7.60. The Bertz CT molecular complexity index is 2070. The number of nitrogens with one attached hydrogen (secondary N) is 2. The number of aromatic amines is 1. The number of amides is 1. The molecule has 4 aromatic carbocycles. The first-order valence-electron chi connectivity index (χ1n) is 17.5. The molecule has 0 unspecified atom stereocenters. The molecule has 0 saturated carbocycles. The number of H-pyrrole nitrogens is 1. The molecule has 12 heteroatoms. The number of ether oxygens (including phenoxy) is 2. The van der Waals surface area contributed by atoms with Crippen LogP contribution >= 0.6 is 34.8 Å². The molecule has 2 aliphatic rings. The molecule has 2 aliphatic heterocycles. The van der Waals surface area contributed by atoms with Crippen molar-refractivity contribution in [1.82, 2.24) is 19.8 Å². The number of hydrogen-bond donors (Lipinski definition) is 3. The standard InChI is InChI=1S/C40H41Cl3N4O5/c1-25-35(23-46-18-16-32(17-19-46)47-34-11-3-2-10-33(34)45-39(47)50)51-37(52-36(25)28-14-12-26(24-48)13-15-28)31-9-5-8-30(21-31)29-7-4-6-27(20-29)22-44-38(49)40(41,42)43/h2-15,20-21,25,32,35-37,48H,16-19,22-24H2,1H3,(H,44,49)(H,45,50)/t25-,35+,36+,37+/m1/s1. The number of aliphatic hydroxyl groups excluding tert-OH is 1. The fraction of sp³-hybridized carbons (Fsp3) is 0.350. The smallest absolute Gasteiger partial charge is 0.326 e. The van der Waals surface area contributed by atoms with Gasteiger partial charge in [0, 0.05) is 43.7 Å². The van der Waals surface area contributed by atoms with E-state index in [1.807, 2.05) is 95.6 Å². The van der Waals surface area contributed by atoms with E-state index in [2.05, 4.69) is 28.2 Å². The molecule has 1 aromatic heterocycles. The number of aliphatic hydroxyl groups is 1. The fourth-order valence-electron chi connectivity index (χ4n) is 7.39. The third-order valence-electron chi connectivity index (χ3n) is 10.2. The Hall–Kier alpha value is -3.67. The minimum Gasteiger partial charge on any atom is -0.392 e. The summed E-state index contributed by atoms with van der Waals surface area (Å²) in [6.45, 7) is 4.78. The lowest BCUT2D eigenvalue weighted by molar-refractivity contribution is -0.276. The molecule has 7 rings (SSSR count). The van der Waals surface area contributed by atoms with Crippen molar-refractivity contribution in [2.75, 3.05) is 19.6 Å². The molecule has 0 aliphatic carbocycles. The average molecular weight is 764 g/mol. The average Bonchev–Trinajstić information content (AvgIpc) is 3.50. The van der Waals surface area contributed by atoms with E-state index in [0.717, 1.165) is 76.9 Å². The molecule has 5 aromatic rings. The van der Waals surface area contributed by atoms with Crippen LogP contribution in [0.5, 0.6) is 0 Å². The van der Waals surface area contributed by atoms with Crippen LogP contribution in [-0.4, -0.2) is 55.0 Å². The molecular formula is C40H41Cl3N4O5. The second-order valence-corrected chi connectivity index (χ2v) is 16.0. The third kappa shape index (κ3) is 8.11. The van der Waals surface area contributed by atoms with Crippen LogP contribution in [0.15, 0.2) is 102 Å². The molecule has 9 nitrogen and oxygen atoms in total. The maximum Gasteiger partial charge on any atom is 0.326 e. The summed E-state index contributed by atoms with van der Waals surface area (Å²) < 4.78 is 13.5. The number of para-hydroxylation sites is 2. The van der Waals surface area contributed by atoms with Crippen molar-refractivity contribution >= 4 is 51.7 Å². The van der Waals surface area contributed by atoms with E-state index in [1.54, 1.807) is 0 Å². The zero-order valence-corrected chi connectivity index (χ0v) is 31.0. The molecule has 0 bridgehead atoms. The summed E-state index contributed by atoms with van der Waals surface area (Å²) in [5.74, 6) is -0.650. The molecule has 2 saturated heterocycles. The van der Waals surface area contributed by atoms with Gasteiger partial charge in [-0.05, 0) is 64.9 Å². The lowest BCUT2D eigenvalue weighted by Gasteiger charge is -2.44. The third-order valence-corrected chi connectivity index (χ3v) is 10.8. The van der Waals surface area contributed by atoms with Crippen LogP contribution < -0.4 is 11.0 Å². The largest absolute Gasteiger partial charge is 0.392 e. The monoisotopic (exact) mass is 762 g/mol. The van der Waals surface area contributed by atoms with Gasteiger partial charge in [-0.2, -0.15) is 0 Å². The summed E-state index contributed by atoms with van der Waals surface area (Å²) in [6.07, 6.45) is 0.723. The molecule has 0 spiro atoms. The first-order valence-corrected chi connectivity index (χ1v) is 18.7. The maximum atomic E-state index is 12.9. The number of aromatic nitrogens is 2. The highest BCUT2D eigenvalue weighted by Crippen LogP contribution is 2.43. The van der Waals surface area contributed by atoms with Gasteiger partial charge in [0.2, 0.25) is 0 Å². The number of halogens is 3. The SMILES string of the molecule is C[C@@H]1[C@H](CN2CCC(n3c(=O)[nH]c4ccccc43)CC2)O[C@H](c2cccc(-c3cccc(CNC(=O)C(Cl)(Cl)Cl)c3)c2)O[C@@H]1c1ccc(CO)cc1. The van der Waals surface area contributed by atoms with Gasteiger partial charge in [0.05, 0.1) is 29.8 Å². The number of hydrogen-bond acceptors (Lipinski definition) is 6. The lowest BCUT2D eigenvalue weighted by atomic mass is 9.89. The van der Waals surface area contributed by atoms with E-state index < -0.39 is 16.0 Å². The van der Waals surface area contributed by atoms with Gasteiger partial charge in [0.15, 0.2) is 6.29 Å². The van der Waals surface area contributed by atoms with Gasteiger partial charge in [0.25, 0.3) is 9.70 Å². The van der Waals surface area contributed by atoms with Gasteiger partial charge < -0.3 is 29.8 Å². The highest BCUT2D eigenvalue weighted by molar-refractivity contribution is 6.76. The second kappa shape index (κ2) is 15.7. The molecule has 3 N–H and O–H groups in total. The first kappa shape index (κ1) is 36.7. The Balaban J connectivity index is 1.10. The van der Waals surface area contributed by atoms with Gasteiger partial charge in [-0.25, -0.2) is 4.79 Å². The Morgan fingerprint density at radius 2 is 1.60 bits per heavy atom. The van der Waals surface area contributed by atoms with Crippen molar-refractivity contribution in [3.8, 4) is 11.1 Å². The summed E-state index contributed by atoms with van der Waals surface area (Å²) in [4.78, 5) is 30.4. The van der Waals surface area contributed by atoms with E-state index in [0.29, 0.717) is 0 Å². The van der Waals surface area contributed by atoms with E-state index in [9.17, 15) is 14.7 Å². The predicted molar refractivity (Wildman–Crippen MR) is 204 cm³/mol. The number of nitrogens with zero attached hydrogens (tertiary/aromatic N) is 2. The number of benzene rings is 4. The van der Waals surface area contributed by atoms with Gasteiger partial charge in [-0.3, -0.25) is 9.36 Å². The number of alkyl halides is 3. The van der Waals surface area contributed by atoms with Crippen LogP contribution in [0.3, 0.4) is 0 Å². The van der Waals surface area contributed by atoms with Crippen LogP contribution in [0, 0.1) is 5.92 Å². The number of carbonyl (C=O) groups excluding carboxylic acids is 1. The quantitative estimate of drug-likeness (QED) is 0.134. The summed E-state index contributed by atoms with van der Waals surface area (Å²) in [5.41, 5.74) is 7.30. The molecule has 272 valence electrons. The Labute approximate surface area is 317 Å². The minimum atomic E-state index is -2.03. The fourth-order valence-corrected chi connectivity index (χ4v) is 7.59. The first-order chi connectivity index (χ1) is 25.1. The molecular weight excluding hydrogens is 723 g/mol. The maximum absolute atomic E-state index is 12.9. The van der Waals surface area contributed by atoms with Gasteiger partial charge >= 0.3 is 5.69 Å². The molecule has 4 atom stereocenters. The van der Waals surface area contributed by atoms with E-state index in [-0.39, 0.29) is 43.0 Å². The summed E-state index contributed by atoms with van der Waals surface area (Å²) >= 11 is 17.2. The lowest BCUT2D eigenvalue weighted by Crippen LogP contribution is -2.47. The van der Waals surface area contributed by atoms with Crippen molar-refractivity contribution in [3.63, 3.8) is 0 Å². The van der Waals surface area contributed by atoms with Crippen molar-refractivity contribution in [2.24, 2.45) is 5.92 Å². The number of carbonyl (C=O) groups is 1. The van der Waals surface area contributed by atoms with Gasteiger partial charge in [-0.1, -0.05) is 115 Å². The van der Waals surface area contributed by atoms with Crippen LogP contribution in [0.4, 0.5) is 0 Å².